The van der Waals surface area contributed by atoms with Gasteiger partial charge in [-0.25, -0.2) is 0 Å². The zero-order valence-electron chi connectivity index (χ0n) is 11.7. The van der Waals surface area contributed by atoms with Crippen LogP contribution in [0.15, 0.2) is 0 Å². The molecule has 124 valence electrons. The lowest BCUT2D eigenvalue weighted by Gasteiger charge is -2.60. The first-order valence-electron chi connectivity index (χ1n) is 6.11. The summed E-state index contributed by atoms with van der Waals surface area (Å²) in [5, 5.41) is 0. The second-order valence-electron chi connectivity index (χ2n) is 5.72. The highest BCUT2D eigenvalue weighted by atomic mass is 127. The van der Waals surface area contributed by atoms with Crippen molar-refractivity contribution < 1.29 is 0 Å². The number of rotatable bonds is 0. The van der Waals surface area contributed by atoms with Crippen LogP contribution in [0.3, 0.4) is 0 Å². The van der Waals surface area contributed by atoms with Crippen LogP contribution in [0.5, 0.6) is 0 Å². The van der Waals surface area contributed by atoms with E-state index >= 15 is 0 Å². The third-order valence-corrected chi connectivity index (χ3v) is 5.84. The van der Waals surface area contributed by atoms with Crippen LogP contribution in [0, 0.1) is 0 Å². The van der Waals surface area contributed by atoms with Crippen LogP contribution in [-0.2, 0) is 9.21 Å². The topological polar surface area (TPSA) is 286 Å². The molecule has 0 aromatic heterocycles. The highest BCUT2D eigenvalue weighted by molar-refractivity contribution is 14.1. The standard InChI is InChI=1S/C10H22IN11/c11-7(16)1-2(4(13)6(15)5(14)3(1)12)8(17,18)10(21,22)9(7,19)20/h12-22H2. The third kappa shape index (κ3) is 1.57. The number of fused-ring (bicyclic) bond motifs is 1. The molecule has 1 aliphatic rings. The van der Waals surface area contributed by atoms with Crippen LogP contribution in [0.25, 0.3) is 0 Å². The number of benzene rings is 1. The van der Waals surface area contributed by atoms with Crippen molar-refractivity contribution in [3.05, 3.63) is 11.1 Å². The highest BCUT2D eigenvalue weighted by Crippen LogP contribution is 2.54. The first-order valence-corrected chi connectivity index (χ1v) is 7.19. The van der Waals surface area contributed by atoms with Crippen LogP contribution >= 0.6 is 22.6 Å². The first-order chi connectivity index (χ1) is 9.64. The van der Waals surface area contributed by atoms with Crippen molar-refractivity contribution in [2.75, 3.05) is 22.9 Å². The van der Waals surface area contributed by atoms with Crippen molar-refractivity contribution >= 4 is 45.3 Å². The monoisotopic (exact) mass is 423 g/mol. The Labute approximate surface area is 140 Å². The largest absolute Gasteiger partial charge is 0.397 e. The second kappa shape index (κ2) is 4.24. The molecule has 0 aliphatic heterocycles. The summed E-state index contributed by atoms with van der Waals surface area (Å²) in [4.78, 5) is 0. The number of halogens is 1. The molecule has 0 fully saturated rings. The van der Waals surface area contributed by atoms with E-state index in [0.717, 1.165) is 0 Å². The van der Waals surface area contributed by atoms with Crippen molar-refractivity contribution in [1.29, 1.82) is 0 Å². The molecular weight excluding hydrogens is 401 g/mol. The third-order valence-electron chi connectivity index (χ3n) is 4.41. The van der Waals surface area contributed by atoms with Gasteiger partial charge in [-0.2, -0.15) is 0 Å². The molecular formula is C10H22IN11. The zero-order chi connectivity index (χ0) is 17.5. The van der Waals surface area contributed by atoms with Gasteiger partial charge in [0, 0.05) is 11.1 Å². The summed E-state index contributed by atoms with van der Waals surface area (Å²) < 4.78 is -1.56. The van der Waals surface area contributed by atoms with Gasteiger partial charge in [-0.05, 0) is 0 Å². The van der Waals surface area contributed by atoms with Crippen molar-refractivity contribution in [3.63, 3.8) is 0 Å². The van der Waals surface area contributed by atoms with Crippen LogP contribution in [-0.4, -0.2) is 11.3 Å². The molecule has 11 nitrogen and oxygen atoms in total. The maximum Gasteiger partial charge on any atom is 0.135 e. The fraction of sp³-hybridized carbons (Fsp3) is 0.400. The molecule has 0 heterocycles. The number of nitrogens with two attached hydrogens (primary N) is 11. The lowest BCUT2D eigenvalue weighted by molar-refractivity contribution is 0.0731. The van der Waals surface area contributed by atoms with E-state index in [-0.39, 0.29) is 33.9 Å². The molecule has 0 radical (unpaired) electrons. The molecule has 0 saturated heterocycles. The van der Waals surface area contributed by atoms with Gasteiger partial charge < -0.3 is 63.1 Å². The summed E-state index contributed by atoms with van der Waals surface area (Å²) in [6.45, 7) is 0. The van der Waals surface area contributed by atoms with Crippen molar-refractivity contribution in [2.24, 2.45) is 40.1 Å². The van der Waals surface area contributed by atoms with Crippen LogP contribution in [0.2, 0.25) is 0 Å². The quantitative estimate of drug-likeness (QED) is 0.0626. The van der Waals surface area contributed by atoms with E-state index in [1.807, 2.05) is 0 Å². The minimum absolute atomic E-state index is 0.000989. The molecule has 1 unspecified atom stereocenters. The summed E-state index contributed by atoms with van der Waals surface area (Å²) in [6.07, 6.45) is 0. The van der Waals surface area contributed by atoms with E-state index in [9.17, 15) is 0 Å². The molecule has 0 amide bonds. The predicted molar refractivity (Wildman–Crippen MR) is 96.2 cm³/mol. The molecule has 0 saturated carbocycles. The Hall–Kier alpha value is -1.13. The zero-order valence-corrected chi connectivity index (χ0v) is 13.9. The van der Waals surface area contributed by atoms with Crippen LogP contribution in [0.1, 0.15) is 11.1 Å². The summed E-state index contributed by atoms with van der Waals surface area (Å²) in [5.74, 6) is 0. The number of anilines is 4. The van der Waals surface area contributed by atoms with Crippen molar-refractivity contribution in [2.45, 2.75) is 20.5 Å². The summed E-state index contributed by atoms with van der Waals surface area (Å²) in [6, 6.07) is 0. The molecule has 1 aromatic carbocycles. The van der Waals surface area contributed by atoms with Gasteiger partial charge >= 0.3 is 0 Å². The molecule has 0 spiro atoms. The number of hydrogen-bond donors (Lipinski definition) is 11. The van der Waals surface area contributed by atoms with E-state index in [4.69, 9.17) is 63.1 Å². The Morgan fingerprint density at radius 3 is 1.32 bits per heavy atom. The van der Waals surface area contributed by atoms with Crippen LogP contribution < -0.4 is 63.1 Å². The number of hydrogen-bond acceptors (Lipinski definition) is 11. The number of alkyl halides is 1. The molecule has 2 rings (SSSR count). The molecule has 1 atom stereocenters. The second-order valence-corrected chi connectivity index (χ2v) is 7.43. The summed E-state index contributed by atoms with van der Waals surface area (Å²) >= 11 is 1.76. The minimum Gasteiger partial charge on any atom is -0.397 e. The Morgan fingerprint density at radius 1 is 0.545 bits per heavy atom. The first kappa shape index (κ1) is 17.2. The lowest BCUT2D eigenvalue weighted by Crippen LogP contribution is -2.94. The average Bonchev–Trinajstić information content (AvgIpc) is 2.37. The molecule has 0 bridgehead atoms. The van der Waals surface area contributed by atoms with E-state index in [1.165, 1.54) is 0 Å². The fourth-order valence-electron chi connectivity index (χ4n) is 2.69. The smallest absolute Gasteiger partial charge is 0.135 e. The van der Waals surface area contributed by atoms with Gasteiger partial charge in [-0.3, -0.25) is 0 Å². The minimum atomic E-state index is -2.04. The van der Waals surface area contributed by atoms with Crippen molar-refractivity contribution in [1.82, 2.24) is 0 Å². The Bertz CT molecular complexity index is 607. The van der Waals surface area contributed by atoms with Gasteiger partial charge in [-0.15, -0.1) is 0 Å². The van der Waals surface area contributed by atoms with Crippen LogP contribution in [0.4, 0.5) is 22.7 Å². The van der Waals surface area contributed by atoms with Gasteiger partial charge in [0.1, 0.15) is 20.5 Å². The van der Waals surface area contributed by atoms with Gasteiger partial charge in [-0.1, -0.05) is 22.6 Å². The SMILES string of the molecule is Nc1c(N)c(N)c2c(c1N)C(N)(N)C(N)(N)C(N)(N)C2(N)I. The van der Waals surface area contributed by atoms with E-state index in [1.54, 1.807) is 22.6 Å². The van der Waals surface area contributed by atoms with E-state index in [0.29, 0.717) is 0 Å². The maximum absolute atomic E-state index is 6.29. The lowest BCUT2D eigenvalue weighted by atomic mass is 9.66. The average molecular weight is 423 g/mol. The molecule has 22 N–H and O–H groups in total. The Balaban J connectivity index is 3.11. The van der Waals surface area contributed by atoms with Gasteiger partial charge in [0.25, 0.3) is 0 Å². The fourth-order valence-corrected chi connectivity index (χ4v) is 3.70. The maximum atomic E-state index is 6.29. The Morgan fingerprint density at radius 2 is 0.909 bits per heavy atom. The van der Waals surface area contributed by atoms with Crippen molar-refractivity contribution in [3.8, 4) is 0 Å². The predicted octanol–water partition coefficient (Wildman–Crippen LogP) is -4.13. The van der Waals surface area contributed by atoms with Gasteiger partial charge in [0.05, 0.1) is 22.7 Å². The summed E-state index contributed by atoms with van der Waals surface area (Å²) in [5.41, 5.74) is 60.9. The highest BCUT2D eigenvalue weighted by Gasteiger charge is 2.68. The van der Waals surface area contributed by atoms with Gasteiger partial charge in [0.15, 0.2) is 0 Å². The van der Waals surface area contributed by atoms with E-state index in [2.05, 4.69) is 0 Å². The Kier molecular flexibility index (Phi) is 3.32. The molecule has 12 heteroatoms. The van der Waals surface area contributed by atoms with E-state index < -0.39 is 20.5 Å². The van der Waals surface area contributed by atoms with Gasteiger partial charge in [0.2, 0.25) is 0 Å². The normalized spacial score (nSPS) is 28.2. The molecule has 1 aromatic rings. The molecule has 22 heavy (non-hydrogen) atoms. The molecule has 1 aliphatic carbocycles. The summed E-state index contributed by atoms with van der Waals surface area (Å²) in [7, 11) is 0. The number of nitrogen functional groups attached to an aromatic ring is 4.